The number of aryl methyl sites for hydroxylation is 6. The van der Waals surface area contributed by atoms with Crippen molar-refractivity contribution in [3.63, 3.8) is 0 Å². The zero-order valence-electron chi connectivity index (χ0n) is 28.7. The number of benzene rings is 4. The summed E-state index contributed by atoms with van der Waals surface area (Å²) < 4.78 is 7.51. The summed E-state index contributed by atoms with van der Waals surface area (Å²) in [4.78, 5) is 31.2. The second kappa shape index (κ2) is 16.0. The number of nitrogens with zero attached hydrogens (tertiary/aromatic N) is 3. The Morgan fingerprint density at radius 1 is 0.735 bits per heavy atom. The molecule has 0 N–H and O–H groups in total. The molecular weight excluding hydrogens is 742 g/mol. The fourth-order valence-electron chi connectivity index (χ4n) is 6.71. The number of ether oxygens (including phenoxy) is 1. The van der Waals surface area contributed by atoms with E-state index >= 15 is 0 Å². The fraction of sp³-hybridized carbons (Fsp3) is 0.300. The molecule has 9 heteroatoms. The molecule has 4 aromatic carbocycles. The van der Waals surface area contributed by atoms with E-state index in [1.54, 1.807) is 47.1 Å². The molecule has 49 heavy (non-hydrogen) atoms. The largest absolute Gasteiger partial charge is 0.502 e. The van der Waals surface area contributed by atoms with Gasteiger partial charge in [-0.15, -0.1) is 0 Å². The molecule has 0 saturated carbocycles. The zero-order chi connectivity index (χ0) is 34.9. The molecule has 0 aliphatic carbocycles. The third kappa shape index (κ3) is 8.45. The summed E-state index contributed by atoms with van der Waals surface area (Å²) in [6.07, 6.45) is -0.0244. The average molecular weight is 789 g/mol. The van der Waals surface area contributed by atoms with Gasteiger partial charge in [0.15, 0.2) is 0 Å². The van der Waals surface area contributed by atoms with Crippen LogP contribution in [0.4, 0.5) is 17.1 Å². The number of hydrogen-bond donors (Lipinski definition) is 0. The van der Waals surface area contributed by atoms with Crippen molar-refractivity contribution in [1.82, 2.24) is 0 Å². The summed E-state index contributed by atoms with van der Waals surface area (Å²) in [5.74, 6) is -0.0552. The van der Waals surface area contributed by atoms with E-state index < -0.39 is 13.5 Å². The van der Waals surface area contributed by atoms with Gasteiger partial charge in [-0.05, 0) is 63.8 Å². The molecule has 4 aromatic rings. The Balaban J connectivity index is 0.000000217. The molecule has 2 heterocycles. The number of imide groups is 1. The molecule has 6 rings (SSSR count). The van der Waals surface area contributed by atoms with Crippen molar-refractivity contribution >= 4 is 52.9 Å². The first-order valence-electron chi connectivity index (χ1n) is 15.9. The van der Waals surface area contributed by atoms with Gasteiger partial charge in [-0.2, -0.15) is 6.67 Å². The number of hydrogen-bond acceptors (Lipinski definition) is 5. The maximum absolute atomic E-state index is 12.6. The molecule has 0 atom stereocenters. The van der Waals surface area contributed by atoms with E-state index in [9.17, 15) is 9.59 Å². The van der Waals surface area contributed by atoms with Gasteiger partial charge in [0.05, 0.1) is 0 Å². The number of carbonyl (C=O) groups is 2. The van der Waals surface area contributed by atoms with Gasteiger partial charge in [-0.25, -0.2) is 0 Å². The molecule has 0 radical (unpaired) electrons. The Bertz CT molecular complexity index is 1770. The number of carbonyl (C=O) groups excluding carboxylic acids is 2. The Kier molecular flexibility index (Phi) is 12.5. The molecule has 0 unspecified atom stereocenters. The maximum Gasteiger partial charge on any atom is 0.0146 e. The molecular formula is C40H46Cl2N3O3Ru-. The van der Waals surface area contributed by atoms with Gasteiger partial charge >= 0.3 is 159 Å². The quantitative estimate of drug-likeness (QED) is 0.111. The van der Waals surface area contributed by atoms with Crippen molar-refractivity contribution < 1.29 is 27.8 Å². The minimum atomic E-state index is -2.11. The summed E-state index contributed by atoms with van der Waals surface area (Å²) in [5.41, 5.74) is 12.8. The predicted molar refractivity (Wildman–Crippen MR) is 204 cm³/mol. The maximum atomic E-state index is 12.6. The molecule has 0 bridgehead atoms. The number of anilines is 3. The summed E-state index contributed by atoms with van der Waals surface area (Å²) >= 11 is -2.11. The van der Waals surface area contributed by atoms with Gasteiger partial charge in [-0.1, -0.05) is 42.8 Å². The minimum Gasteiger partial charge on any atom is -0.502 e. The monoisotopic (exact) mass is 788 g/mol. The Morgan fingerprint density at radius 3 is 1.59 bits per heavy atom. The van der Waals surface area contributed by atoms with Gasteiger partial charge in [0, 0.05) is 24.5 Å². The molecule has 0 spiro atoms. The van der Waals surface area contributed by atoms with Crippen molar-refractivity contribution in [3.05, 3.63) is 123 Å². The summed E-state index contributed by atoms with van der Waals surface area (Å²) in [6.45, 7) is 21.4. The van der Waals surface area contributed by atoms with E-state index in [1.807, 2.05) is 13.8 Å². The van der Waals surface area contributed by atoms with Crippen molar-refractivity contribution in [1.29, 1.82) is 0 Å². The normalized spacial score (nSPS) is 14.0. The van der Waals surface area contributed by atoms with Gasteiger partial charge in [0.1, 0.15) is 0 Å². The van der Waals surface area contributed by atoms with Gasteiger partial charge < -0.3 is 9.80 Å². The number of fused-ring (bicyclic) bond motifs is 1. The molecule has 2 aliphatic heterocycles. The van der Waals surface area contributed by atoms with Gasteiger partial charge in [-0.3, -0.25) is 0 Å². The topological polar surface area (TPSA) is 53.1 Å². The van der Waals surface area contributed by atoms with Crippen LogP contribution in [0, 0.1) is 48.2 Å². The second-order valence-corrected chi connectivity index (χ2v) is 18.4. The van der Waals surface area contributed by atoms with Crippen LogP contribution >= 0.6 is 19.4 Å². The molecule has 262 valence electrons. The smallest absolute Gasteiger partial charge is 0.0146 e. The standard InChI is InChI=1S/C21H27N2.C18H15NO3.CH4.2ClH.Ru/c1-14-9-16(3)20(17(4)10-14)22-7-8-23(13-22)21-18(5)11-15(2)12-19(21)6;1-11(2)22-16-9-8-13(10-12(16)3)19-17(20)14-6-4-5-7-15(14)18(19)21;;;;/h9-13H,7-8H2,1-6H3;3-11H,1-2H3;1H4;2*1H;/q-1;;;;;+2/p-2. The summed E-state index contributed by atoms with van der Waals surface area (Å²) in [7, 11) is 12.0. The SMILES string of the molecule is C.CC(C)Oc1ccc(N2C(=O)c3ccccc3C2=O)cc1[CH]=[Ru]([Cl])[Cl].Cc1cc(C)c(N2[CH-]N(c3c(C)cc(C)cc3C)CC2)c(C)c1. The van der Waals surface area contributed by atoms with Crippen LogP contribution < -0.4 is 19.4 Å². The first kappa shape index (κ1) is 38.3. The molecule has 1 saturated heterocycles. The van der Waals surface area contributed by atoms with E-state index in [4.69, 9.17) is 24.1 Å². The number of rotatable bonds is 6. The van der Waals surface area contributed by atoms with Crippen molar-refractivity contribution in [2.24, 2.45) is 0 Å². The van der Waals surface area contributed by atoms with E-state index in [0.29, 0.717) is 28.1 Å². The van der Waals surface area contributed by atoms with E-state index in [0.717, 1.165) is 13.1 Å². The van der Waals surface area contributed by atoms with Crippen molar-refractivity contribution in [3.8, 4) is 5.75 Å². The number of halogens is 2. The van der Waals surface area contributed by atoms with Crippen LogP contribution in [0.25, 0.3) is 0 Å². The van der Waals surface area contributed by atoms with E-state index in [1.165, 1.54) is 49.7 Å². The average Bonchev–Trinajstić information content (AvgIpc) is 3.55. The molecule has 1 fully saturated rings. The third-order valence-corrected chi connectivity index (χ3v) is 10.1. The molecule has 0 aromatic heterocycles. The summed E-state index contributed by atoms with van der Waals surface area (Å²) in [5, 5.41) is 0. The van der Waals surface area contributed by atoms with Crippen LogP contribution in [-0.2, 0) is 13.5 Å². The predicted octanol–water partition coefficient (Wildman–Crippen LogP) is 9.97. The first-order valence-corrected chi connectivity index (χ1v) is 21.4. The third-order valence-electron chi connectivity index (χ3n) is 8.30. The molecule has 2 aliphatic rings. The van der Waals surface area contributed by atoms with Crippen LogP contribution in [0.5, 0.6) is 5.75 Å². The van der Waals surface area contributed by atoms with Crippen molar-refractivity contribution in [2.45, 2.75) is 68.9 Å². The molecule has 2 amide bonds. The van der Waals surface area contributed by atoms with Gasteiger partial charge in [0.25, 0.3) is 0 Å². The van der Waals surface area contributed by atoms with E-state index in [2.05, 4.69) is 82.3 Å². The van der Waals surface area contributed by atoms with Gasteiger partial charge in [0.2, 0.25) is 0 Å². The van der Waals surface area contributed by atoms with Crippen LogP contribution in [0.2, 0.25) is 0 Å². The second-order valence-electron chi connectivity index (χ2n) is 12.7. The fourth-order valence-corrected chi connectivity index (χ4v) is 8.50. The zero-order valence-corrected chi connectivity index (χ0v) is 31.9. The Morgan fingerprint density at radius 2 is 1.18 bits per heavy atom. The molecule has 6 nitrogen and oxygen atoms in total. The Hall–Kier alpha value is -3.51. The Labute approximate surface area is 305 Å². The number of amides is 2. The van der Waals surface area contributed by atoms with Crippen LogP contribution in [-0.4, -0.2) is 35.6 Å². The van der Waals surface area contributed by atoms with Crippen molar-refractivity contribution in [2.75, 3.05) is 27.8 Å². The minimum absolute atomic E-state index is 0. The van der Waals surface area contributed by atoms with E-state index in [-0.39, 0.29) is 25.3 Å². The van der Waals surface area contributed by atoms with Crippen LogP contribution in [0.1, 0.15) is 80.9 Å². The summed E-state index contributed by atoms with van der Waals surface area (Å²) in [6, 6.07) is 21.0. The van der Waals surface area contributed by atoms with Crippen LogP contribution in [0.15, 0.2) is 66.7 Å². The first-order chi connectivity index (χ1) is 22.7. The van der Waals surface area contributed by atoms with Crippen LogP contribution in [0.3, 0.4) is 0 Å².